The minimum Gasteiger partial charge on any atom is -0.495 e. The molecule has 4 aromatic rings. The number of aromatic nitrogens is 6. The molecule has 1 aliphatic heterocycles. The van der Waals surface area contributed by atoms with Gasteiger partial charge in [-0.25, -0.2) is 14.3 Å². The van der Waals surface area contributed by atoms with E-state index in [1.807, 2.05) is 34.7 Å². The highest BCUT2D eigenvalue weighted by atomic mass is 16.5. The second-order valence-corrected chi connectivity index (χ2v) is 8.19. The fourth-order valence-electron chi connectivity index (χ4n) is 4.20. The molecule has 5 rings (SSSR count). The van der Waals surface area contributed by atoms with Crippen LogP contribution in [-0.4, -0.2) is 73.4 Å². The molecule has 1 saturated heterocycles. The number of hydrogen-bond acceptors (Lipinski definition) is 8. The molecule has 36 heavy (non-hydrogen) atoms. The second-order valence-electron chi connectivity index (χ2n) is 8.19. The van der Waals surface area contributed by atoms with Gasteiger partial charge >= 0.3 is 5.69 Å². The Kier molecular flexibility index (Phi) is 6.07. The maximum atomic E-state index is 13.2. The Morgan fingerprint density at radius 1 is 1.00 bits per heavy atom. The molecule has 4 heterocycles. The van der Waals surface area contributed by atoms with E-state index >= 15 is 0 Å². The quantitative estimate of drug-likeness (QED) is 0.436. The van der Waals surface area contributed by atoms with Gasteiger partial charge in [0, 0.05) is 44.8 Å². The molecule has 1 fully saturated rings. The average molecular weight is 489 g/mol. The largest absolute Gasteiger partial charge is 0.495 e. The standard InChI is InChI=1S/C24H24N8O4/c1-16-25-9-10-31(16)21-8-7-20(27-28-21)29-11-13-30(14-12-29)22(33)17-15-26-24(35)32(23(17)34)18-5-3-4-6-19(18)36-2/h3-10,15H,11-14H2,1-2H3,(H,26,35). The van der Waals surface area contributed by atoms with Gasteiger partial charge in [-0.1, -0.05) is 12.1 Å². The van der Waals surface area contributed by atoms with E-state index in [9.17, 15) is 14.4 Å². The molecule has 1 aromatic carbocycles. The number of nitrogens with one attached hydrogen (secondary N) is 1. The summed E-state index contributed by atoms with van der Waals surface area (Å²) in [5, 5.41) is 8.63. The van der Waals surface area contributed by atoms with Gasteiger partial charge in [0.25, 0.3) is 11.5 Å². The van der Waals surface area contributed by atoms with Crippen LogP contribution in [-0.2, 0) is 0 Å². The minimum atomic E-state index is -0.702. The first-order chi connectivity index (χ1) is 17.5. The van der Waals surface area contributed by atoms with Crippen molar-refractivity contribution in [2.45, 2.75) is 6.92 Å². The molecule has 1 aliphatic rings. The molecule has 0 spiro atoms. The number of rotatable bonds is 5. The highest BCUT2D eigenvalue weighted by molar-refractivity contribution is 5.93. The zero-order valence-corrected chi connectivity index (χ0v) is 19.8. The molecule has 0 unspecified atom stereocenters. The van der Waals surface area contributed by atoms with Crippen molar-refractivity contribution in [3.63, 3.8) is 0 Å². The summed E-state index contributed by atoms with van der Waals surface area (Å²) in [6.07, 6.45) is 4.70. The smallest absolute Gasteiger partial charge is 0.333 e. The SMILES string of the molecule is COc1ccccc1-n1c(=O)[nH]cc(C(=O)N2CCN(c3ccc(-n4ccnc4C)nn3)CC2)c1=O. The summed E-state index contributed by atoms with van der Waals surface area (Å²) in [7, 11) is 1.45. The van der Waals surface area contributed by atoms with E-state index in [0.717, 1.165) is 10.4 Å². The number of piperazine rings is 1. The van der Waals surface area contributed by atoms with E-state index in [2.05, 4.69) is 20.2 Å². The third kappa shape index (κ3) is 4.13. The van der Waals surface area contributed by atoms with Gasteiger partial charge in [-0.2, -0.15) is 0 Å². The third-order valence-corrected chi connectivity index (χ3v) is 6.13. The minimum absolute atomic E-state index is 0.117. The van der Waals surface area contributed by atoms with Gasteiger partial charge in [-0.3, -0.25) is 14.2 Å². The van der Waals surface area contributed by atoms with E-state index in [-0.39, 0.29) is 11.3 Å². The number of benzene rings is 1. The van der Waals surface area contributed by atoms with E-state index in [4.69, 9.17) is 4.74 Å². The van der Waals surface area contributed by atoms with Gasteiger partial charge in [-0.15, -0.1) is 10.2 Å². The number of ether oxygens (including phenoxy) is 1. The zero-order valence-electron chi connectivity index (χ0n) is 19.8. The highest BCUT2D eigenvalue weighted by Gasteiger charge is 2.26. The van der Waals surface area contributed by atoms with Crippen molar-refractivity contribution < 1.29 is 9.53 Å². The van der Waals surface area contributed by atoms with Crippen LogP contribution in [0.4, 0.5) is 5.82 Å². The van der Waals surface area contributed by atoms with E-state index in [0.29, 0.717) is 43.6 Å². The van der Waals surface area contributed by atoms with Crippen molar-refractivity contribution in [1.29, 1.82) is 0 Å². The topological polar surface area (TPSA) is 131 Å². The van der Waals surface area contributed by atoms with Crippen molar-refractivity contribution in [3.05, 3.63) is 87.2 Å². The lowest BCUT2D eigenvalue weighted by atomic mass is 10.2. The zero-order chi connectivity index (χ0) is 25.2. The monoisotopic (exact) mass is 488 g/mol. The maximum Gasteiger partial charge on any atom is 0.333 e. The Labute approximate surface area is 205 Å². The number of carbonyl (C=O) groups is 1. The van der Waals surface area contributed by atoms with Crippen molar-refractivity contribution >= 4 is 11.7 Å². The molecule has 1 N–H and O–H groups in total. The highest BCUT2D eigenvalue weighted by Crippen LogP contribution is 2.20. The van der Waals surface area contributed by atoms with Crippen LogP contribution in [0.25, 0.3) is 11.5 Å². The van der Waals surface area contributed by atoms with Crippen molar-refractivity contribution in [2.75, 3.05) is 38.2 Å². The molecule has 0 saturated carbocycles. The first kappa shape index (κ1) is 23.0. The predicted octanol–water partition coefficient (Wildman–Crippen LogP) is 0.781. The number of aryl methyl sites for hydroxylation is 1. The van der Waals surface area contributed by atoms with Crippen LogP contribution in [0.5, 0.6) is 5.75 Å². The van der Waals surface area contributed by atoms with Gasteiger partial charge in [0.05, 0.1) is 12.8 Å². The van der Waals surface area contributed by atoms with Crippen LogP contribution in [0.3, 0.4) is 0 Å². The molecule has 184 valence electrons. The molecule has 0 atom stereocenters. The van der Waals surface area contributed by atoms with Gasteiger partial charge in [0.1, 0.15) is 17.1 Å². The normalized spacial score (nSPS) is 13.6. The number of nitrogens with zero attached hydrogens (tertiary/aromatic N) is 7. The summed E-state index contributed by atoms with van der Waals surface area (Å²) in [5.74, 6) is 2.09. The van der Waals surface area contributed by atoms with Crippen LogP contribution in [0.15, 0.2) is 64.6 Å². The van der Waals surface area contributed by atoms with Crippen molar-refractivity contribution in [3.8, 4) is 17.3 Å². The first-order valence-electron chi connectivity index (χ1n) is 11.3. The number of carbonyl (C=O) groups excluding carboxylic acids is 1. The van der Waals surface area contributed by atoms with E-state index in [1.165, 1.54) is 13.3 Å². The molecule has 12 nitrogen and oxygen atoms in total. The van der Waals surface area contributed by atoms with Crippen LogP contribution in [0.1, 0.15) is 16.2 Å². The van der Waals surface area contributed by atoms with Crippen LogP contribution < -0.4 is 20.9 Å². The summed E-state index contributed by atoms with van der Waals surface area (Å²) in [6, 6.07) is 10.4. The fourth-order valence-corrected chi connectivity index (χ4v) is 4.20. The molecular formula is C24H24N8O4. The number of amides is 1. The molecule has 0 bridgehead atoms. The Morgan fingerprint density at radius 3 is 2.39 bits per heavy atom. The second kappa shape index (κ2) is 9.49. The van der Waals surface area contributed by atoms with Crippen molar-refractivity contribution in [1.82, 2.24) is 34.2 Å². The van der Waals surface area contributed by atoms with Gasteiger partial charge in [0.2, 0.25) is 0 Å². The third-order valence-electron chi connectivity index (χ3n) is 6.13. The summed E-state index contributed by atoms with van der Waals surface area (Å²) in [4.78, 5) is 49.2. The van der Waals surface area contributed by atoms with E-state index < -0.39 is 17.2 Å². The lowest BCUT2D eigenvalue weighted by Gasteiger charge is -2.35. The first-order valence-corrected chi connectivity index (χ1v) is 11.3. The number of H-pyrrole nitrogens is 1. The van der Waals surface area contributed by atoms with Crippen LogP contribution in [0.2, 0.25) is 0 Å². The number of aromatic amines is 1. The molecule has 12 heteroatoms. The molecule has 0 radical (unpaired) electrons. The molecule has 0 aliphatic carbocycles. The summed E-state index contributed by atoms with van der Waals surface area (Å²) in [6.45, 7) is 3.70. The fraction of sp³-hybridized carbons (Fsp3) is 0.250. The Hall–Kier alpha value is -4.74. The molecule has 3 aromatic heterocycles. The Morgan fingerprint density at radius 2 is 1.72 bits per heavy atom. The van der Waals surface area contributed by atoms with Gasteiger partial charge < -0.3 is 19.5 Å². The molecular weight excluding hydrogens is 464 g/mol. The lowest BCUT2D eigenvalue weighted by Crippen LogP contribution is -2.50. The number of hydrogen-bond donors (Lipinski definition) is 1. The maximum absolute atomic E-state index is 13.2. The number of methoxy groups -OCH3 is 1. The number of anilines is 1. The van der Waals surface area contributed by atoms with Gasteiger partial charge in [0.15, 0.2) is 11.6 Å². The molecule has 1 amide bonds. The van der Waals surface area contributed by atoms with Crippen molar-refractivity contribution in [2.24, 2.45) is 0 Å². The van der Waals surface area contributed by atoms with E-state index in [1.54, 1.807) is 35.4 Å². The summed E-state index contributed by atoms with van der Waals surface area (Å²) in [5.41, 5.74) is -1.21. The van der Waals surface area contributed by atoms with Crippen LogP contribution >= 0.6 is 0 Å². The van der Waals surface area contributed by atoms with Crippen LogP contribution in [0, 0.1) is 6.92 Å². The summed E-state index contributed by atoms with van der Waals surface area (Å²) >= 11 is 0. The average Bonchev–Trinajstić information content (AvgIpc) is 3.34. The Bertz CT molecular complexity index is 1510. The predicted molar refractivity (Wildman–Crippen MR) is 131 cm³/mol. The summed E-state index contributed by atoms with van der Waals surface area (Å²) < 4.78 is 8.05. The number of para-hydroxylation sites is 2. The Balaban J connectivity index is 1.32. The number of imidazole rings is 1. The van der Waals surface area contributed by atoms with Gasteiger partial charge in [-0.05, 0) is 31.2 Å². The lowest BCUT2D eigenvalue weighted by molar-refractivity contribution is 0.0743.